The number of nitrogens with one attached hydrogen (secondary N) is 1. The van der Waals surface area contributed by atoms with Crippen LogP contribution in [0.1, 0.15) is 36.8 Å². The topological polar surface area (TPSA) is 103 Å². The van der Waals surface area contributed by atoms with E-state index in [1.807, 2.05) is 36.4 Å². The van der Waals surface area contributed by atoms with Crippen molar-refractivity contribution in [3.63, 3.8) is 0 Å². The molecule has 5 aromatic rings. The van der Waals surface area contributed by atoms with Crippen LogP contribution in [0.3, 0.4) is 0 Å². The van der Waals surface area contributed by atoms with Crippen molar-refractivity contribution in [2.24, 2.45) is 0 Å². The van der Waals surface area contributed by atoms with Crippen LogP contribution in [0.25, 0.3) is 0 Å². The fourth-order valence-electron chi connectivity index (χ4n) is 5.95. The molecule has 1 aliphatic heterocycles. The predicted octanol–water partition coefficient (Wildman–Crippen LogP) is 8.36. The normalized spacial score (nSPS) is 17.4. The van der Waals surface area contributed by atoms with Crippen LogP contribution in [0.2, 0.25) is 0 Å². The molecule has 2 atom stereocenters. The van der Waals surface area contributed by atoms with Crippen LogP contribution in [0, 0.1) is 0 Å². The summed E-state index contributed by atoms with van der Waals surface area (Å²) in [5, 5.41) is 2.97. The highest BCUT2D eigenvalue weighted by Crippen LogP contribution is 2.49. The Balaban J connectivity index is 1.45. The molecule has 244 valence electrons. The van der Waals surface area contributed by atoms with Gasteiger partial charge in [0.05, 0.1) is 18.1 Å². The predicted molar refractivity (Wildman–Crippen MR) is 170 cm³/mol. The van der Waals surface area contributed by atoms with E-state index in [4.69, 9.17) is 9.47 Å². The van der Waals surface area contributed by atoms with Crippen LogP contribution in [-0.2, 0) is 4.79 Å². The van der Waals surface area contributed by atoms with E-state index >= 15 is 0 Å². The number of imide groups is 1. The van der Waals surface area contributed by atoms with Crippen LogP contribution in [-0.4, -0.2) is 33.8 Å². The van der Waals surface area contributed by atoms with Gasteiger partial charge >= 0.3 is 12.4 Å². The molecule has 2 aromatic heterocycles. The van der Waals surface area contributed by atoms with Crippen molar-refractivity contribution in [2.75, 3.05) is 4.90 Å². The first kappa shape index (κ1) is 32.0. The maximum absolute atomic E-state index is 14.8. The van der Waals surface area contributed by atoms with Gasteiger partial charge in [0.15, 0.2) is 0 Å². The van der Waals surface area contributed by atoms with Gasteiger partial charge in [0, 0.05) is 35.4 Å². The zero-order chi connectivity index (χ0) is 33.9. The van der Waals surface area contributed by atoms with Crippen molar-refractivity contribution in [2.45, 2.75) is 37.6 Å². The van der Waals surface area contributed by atoms with E-state index in [1.54, 1.807) is 62.6 Å². The van der Waals surface area contributed by atoms with Crippen molar-refractivity contribution in [3.05, 3.63) is 133 Å². The van der Waals surface area contributed by atoms with Crippen molar-refractivity contribution in [1.29, 1.82) is 0 Å². The number of halogens is 3. The third kappa shape index (κ3) is 6.37. The zero-order valence-corrected chi connectivity index (χ0v) is 25.7. The monoisotopic (exact) mass is 654 g/mol. The lowest BCUT2D eigenvalue weighted by Crippen LogP contribution is -2.55. The summed E-state index contributed by atoms with van der Waals surface area (Å²) in [4.78, 5) is 38.1. The van der Waals surface area contributed by atoms with Gasteiger partial charge in [0.25, 0.3) is 5.91 Å². The molecule has 0 radical (unpaired) electrons. The average Bonchev–Trinajstić information content (AvgIpc) is 3.35. The summed E-state index contributed by atoms with van der Waals surface area (Å²) in [5.41, 5.74) is -0.460. The van der Waals surface area contributed by atoms with Crippen LogP contribution >= 0.6 is 0 Å². The van der Waals surface area contributed by atoms with E-state index in [9.17, 15) is 22.8 Å². The standard InChI is InChI=1S/C36H29F3N4O5/c1-23(29-17-19-40-21-31(29)46-26-9-5-3-6-10-26)35(24(2)30-18-20-41-22-32(30)47-27-11-7-4-8-12-27)33(44)43(34(45)42-35)25-13-15-28(16-14-25)48-36(37,38)39/h3-24H,1-2H3,(H,42,45). The third-order valence-corrected chi connectivity index (χ3v) is 8.28. The van der Waals surface area contributed by atoms with Crippen LogP contribution in [0.4, 0.5) is 23.7 Å². The molecule has 1 aliphatic rings. The molecule has 2 unspecified atom stereocenters. The Labute approximate surface area is 273 Å². The average molecular weight is 655 g/mol. The lowest BCUT2D eigenvalue weighted by atomic mass is 9.69. The van der Waals surface area contributed by atoms with Crippen molar-refractivity contribution in [3.8, 4) is 28.7 Å². The molecule has 1 N–H and O–H groups in total. The first-order valence-corrected chi connectivity index (χ1v) is 14.9. The van der Waals surface area contributed by atoms with Gasteiger partial charge in [-0.2, -0.15) is 0 Å². The number of aromatic nitrogens is 2. The summed E-state index contributed by atoms with van der Waals surface area (Å²) in [5.74, 6) is -0.814. The second-order valence-electron chi connectivity index (χ2n) is 11.1. The Kier molecular flexibility index (Phi) is 8.72. The number of anilines is 1. The Bertz CT molecular complexity index is 1820. The number of benzene rings is 3. The molecule has 48 heavy (non-hydrogen) atoms. The number of rotatable bonds is 10. The van der Waals surface area contributed by atoms with Crippen LogP contribution < -0.4 is 24.4 Å². The molecule has 9 nitrogen and oxygen atoms in total. The van der Waals surface area contributed by atoms with Crippen molar-refractivity contribution >= 4 is 17.6 Å². The van der Waals surface area contributed by atoms with Crippen molar-refractivity contribution in [1.82, 2.24) is 15.3 Å². The smallest absolute Gasteiger partial charge is 0.455 e. The molecule has 6 rings (SSSR count). The molecular weight excluding hydrogens is 625 g/mol. The van der Waals surface area contributed by atoms with Gasteiger partial charge in [-0.1, -0.05) is 50.2 Å². The van der Waals surface area contributed by atoms with E-state index in [0.29, 0.717) is 34.1 Å². The molecule has 3 heterocycles. The first-order valence-electron chi connectivity index (χ1n) is 14.9. The number of amides is 3. The summed E-state index contributed by atoms with van der Waals surface area (Å²) >= 11 is 0. The zero-order valence-electron chi connectivity index (χ0n) is 25.7. The molecule has 1 fully saturated rings. The second-order valence-corrected chi connectivity index (χ2v) is 11.1. The number of carbonyl (C=O) groups is 2. The SMILES string of the molecule is CC(c1ccncc1Oc1ccccc1)C1(C(C)c2ccncc2Oc2ccccc2)NC(=O)N(c2ccc(OC(F)(F)F)cc2)C1=O. The highest BCUT2D eigenvalue weighted by molar-refractivity contribution is 6.24. The number of hydrogen-bond acceptors (Lipinski definition) is 7. The number of para-hydroxylation sites is 2. The van der Waals surface area contributed by atoms with E-state index in [2.05, 4.69) is 20.0 Å². The minimum Gasteiger partial charge on any atom is -0.455 e. The van der Waals surface area contributed by atoms with E-state index < -0.39 is 41.4 Å². The number of nitrogens with zero attached hydrogens (tertiary/aromatic N) is 3. The van der Waals surface area contributed by atoms with Gasteiger partial charge in [0.2, 0.25) is 0 Å². The fourth-order valence-corrected chi connectivity index (χ4v) is 5.95. The minimum atomic E-state index is -4.91. The van der Waals surface area contributed by atoms with Gasteiger partial charge in [-0.25, -0.2) is 9.69 Å². The summed E-state index contributed by atoms with van der Waals surface area (Å²) in [6, 6.07) is 25.3. The molecule has 3 aromatic carbocycles. The lowest BCUT2D eigenvalue weighted by molar-refractivity contribution is -0.274. The summed E-state index contributed by atoms with van der Waals surface area (Å²) < 4.78 is 54.9. The largest absolute Gasteiger partial charge is 0.573 e. The Morgan fingerprint density at radius 3 is 1.62 bits per heavy atom. The number of pyridine rings is 2. The maximum atomic E-state index is 14.8. The van der Waals surface area contributed by atoms with Gasteiger partial charge in [-0.05, 0) is 60.7 Å². The number of carbonyl (C=O) groups excluding carboxylic acids is 2. The number of ether oxygens (including phenoxy) is 3. The summed E-state index contributed by atoms with van der Waals surface area (Å²) in [6.07, 6.45) is 1.29. The number of urea groups is 1. The first-order chi connectivity index (χ1) is 23.1. The van der Waals surface area contributed by atoms with Gasteiger partial charge in [-0.3, -0.25) is 14.8 Å². The Hall–Kier alpha value is -5.91. The van der Waals surface area contributed by atoms with Gasteiger partial charge < -0.3 is 19.5 Å². The number of hydrogen-bond donors (Lipinski definition) is 1. The van der Waals surface area contributed by atoms with Crippen molar-refractivity contribution < 1.29 is 37.0 Å². The fraction of sp³-hybridized carbons (Fsp3) is 0.167. The molecule has 0 saturated carbocycles. The highest BCUT2D eigenvalue weighted by atomic mass is 19.4. The van der Waals surface area contributed by atoms with Gasteiger partial charge in [0.1, 0.15) is 34.3 Å². The molecular formula is C36H29F3N4O5. The Morgan fingerprint density at radius 1 is 0.688 bits per heavy atom. The summed E-state index contributed by atoms with van der Waals surface area (Å²) in [6.45, 7) is 3.59. The molecule has 3 amide bonds. The molecule has 1 saturated heterocycles. The molecule has 0 aliphatic carbocycles. The molecule has 0 spiro atoms. The lowest BCUT2D eigenvalue weighted by Gasteiger charge is -2.39. The Morgan fingerprint density at radius 2 is 1.17 bits per heavy atom. The van der Waals surface area contributed by atoms with E-state index in [1.165, 1.54) is 24.5 Å². The molecule has 0 bridgehead atoms. The minimum absolute atomic E-state index is 0.0549. The highest BCUT2D eigenvalue weighted by Gasteiger charge is 2.59. The van der Waals surface area contributed by atoms with E-state index in [-0.39, 0.29) is 5.69 Å². The second kappa shape index (κ2) is 13.1. The van der Waals surface area contributed by atoms with Crippen LogP contribution in [0.5, 0.6) is 28.7 Å². The van der Waals surface area contributed by atoms with E-state index in [0.717, 1.165) is 17.0 Å². The summed E-state index contributed by atoms with van der Waals surface area (Å²) in [7, 11) is 0. The third-order valence-electron chi connectivity index (χ3n) is 8.28. The quantitative estimate of drug-likeness (QED) is 0.151. The maximum Gasteiger partial charge on any atom is 0.573 e. The van der Waals surface area contributed by atoms with Crippen LogP contribution in [0.15, 0.2) is 122 Å². The van der Waals surface area contributed by atoms with Gasteiger partial charge in [-0.15, -0.1) is 13.2 Å². The number of alkyl halides is 3. The molecule has 12 heteroatoms.